The lowest BCUT2D eigenvalue weighted by molar-refractivity contribution is 0.0375. The normalized spacial score (nSPS) is 20.2. The summed E-state index contributed by atoms with van der Waals surface area (Å²) < 4.78 is 17.6. The number of hydrogen-bond acceptors (Lipinski definition) is 7. The Hall–Kier alpha value is -3.74. The first-order valence-corrected chi connectivity index (χ1v) is 12.1. The quantitative estimate of drug-likeness (QED) is 0.176. The molecule has 0 amide bonds. The predicted molar refractivity (Wildman–Crippen MR) is 145 cm³/mol. The van der Waals surface area contributed by atoms with Crippen LogP contribution in [0.2, 0.25) is 0 Å². The average molecular weight is 492 g/mol. The van der Waals surface area contributed by atoms with Crippen molar-refractivity contribution in [2.75, 3.05) is 7.11 Å². The van der Waals surface area contributed by atoms with E-state index in [2.05, 4.69) is 23.6 Å². The Morgan fingerprint density at radius 1 is 1.11 bits per heavy atom. The van der Waals surface area contributed by atoms with E-state index in [1.807, 2.05) is 76.2 Å². The Bertz CT molecular complexity index is 1120. The van der Waals surface area contributed by atoms with Gasteiger partial charge in [0.15, 0.2) is 5.88 Å². The number of hydrogen-bond donors (Lipinski definition) is 2. The number of methoxy groups -OCH3 is 1. The molecule has 1 aliphatic carbocycles. The summed E-state index contributed by atoms with van der Waals surface area (Å²) in [5.41, 5.74) is 3.05. The molecule has 7 heteroatoms. The van der Waals surface area contributed by atoms with Crippen LogP contribution >= 0.6 is 0 Å². The van der Waals surface area contributed by atoms with Crippen molar-refractivity contribution in [1.29, 1.82) is 0 Å². The van der Waals surface area contributed by atoms with Gasteiger partial charge in [0.2, 0.25) is 0 Å². The topological polar surface area (TPSA) is 84.7 Å². The summed E-state index contributed by atoms with van der Waals surface area (Å²) in [6.07, 6.45) is 2.71. The first-order chi connectivity index (χ1) is 17.1. The highest BCUT2D eigenvalue weighted by Gasteiger charge is 2.36. The smallest absolute Gasteiger partial charge is 0.180 e. The van der Waals surface area contributed by atoms with Gasteiger partial charge in [0, 0.05) is 41.9 Å². The van der Waals surface area contributed by atoms with Crippen LogP contribution in [0.1, 0.15) is 51.7 Å². The summed E-state index contributed by atoms with van der Waals surface area (Å²) in [7, 11) is 1.63. The highest BCUT2D eigenvalue weighted by molar-refractivity contribution is 6.00. The first kappa shape index (κ1) is 26.9. The van der Waals surface area contributed by atoms with E-state index < -0.39 is 0 Å². The van der Waals surface area contributed by atoms with E-state index in [0.717, 1.165) is 16.8 Å². The van der Waals surface area contributed by atoms with Crippen LogP contribution in [-0.2, 0) is 9.47 Å². The fourth-order valence-corrected chi connectivity index (χ4v) is 4.30. The standard InChI is InChI=1S/C29H37N3O4/c1-19(22-11-9-8-10-12-22)31-28-16-24(34-7)13-14-26(28)20(2)35-25-15-23(18-30-33)27(17-25)32-21(3)36-29(4,5)6/h8-14,16,18,23,25,27,32-33H,2-3,15,17H2,1,4-7H3/t23?,25?,27-/m0/s1. The molecule has 3 rings (SSSR count). The van der Waals surface area contributed by atoms with Gasteiger partial charge in [0.1, 0.15) is 23.2 Å². The summed E-state index contributed by atoms with van der Waals surface area (Å²) in [6, 6.07) is 15.6. The molecule has 1 aliphatic rings. The van der Waals surface area contributed by atoms with Gasteiger partial charge in [0.05, 0.1) is 12.8 Å². The maximum absolute atomic E-state index is 9.18. The summed E-state index contributed by atoms with van der Waals surface area (Å²) in [5, 5.41) is 15.8. The number of ether oxygens (including phenoxy) is 3. The average Bonchev–Trinajstić information content (AvgIpc) is 3.18. The molecular formula is C29H37N3O4. The molecule has 2 N–H and O–H groups in total. The lowest BCUT2D eigenvalue weighted by Gasteiger charge is -2.26. The zero-order valence-corrected chi connectivity index (χ0v) is 21.8. The molecule has 2 aromatic carbocycles. The maximum Gasteiger partial charge on any atom is 0.180 e. The third kappa shape index (κ3) is 7.38. The maximum atomic E-state index is 9.18. The molecule has 7 nitrogen and oxygen atoms in total. The number of rotatable bonds is 10. The second kappa shape index (κ2) is 11.8. The second-order valence-corrected chi connectivity index (χ2v) is 9.90. The number of nitrogens with zero attached hydrogens (tertiary/aromatic N) is 2. The Morgan fingerprint density at radius 3 is 2.47 bits per heavy atom. The van der Waals surface area contributed by atoms with Crippen LogP contribution in [0.4, 0.5) is 5.69 Å². The second-order valence-electron chi connectivity index (χ2n) is 9.90. The Balaban J connectivity index is 1.78. The molecule has 192 valence electrons. The molecule has 3 atom stereocenters. The van der Waals surface area contributed by atoms with Gasteiger partial charge in [-0.3, -0.25) is 4.99 Å². The van der Waals surface area contributed by atoms with Crippen LogP contribution < -0.4 is 10.1 Å². The number of nitrogens with one attached hydrogen (secondary N) is 1. The molecule has 36 heavy (non-hydrogen) atoms. The monoisotopic (exact) mass is 491 g/mol. The van der Waals surface area contributed by atoms with Crippen molar-refractivity contribution < 1.29 is 19.4 Å². The molecule has 0 radical (unpaired) electrons. The molecule has 0 saturated heterocycles. The van der Waals surface area contributed by atoms with Crippen LogP contribution in [0.25, 0.3) is 5.76 Å². The lowest BCUT2D eigenvalue weighted by atomic mass is 10.1. The van der Waals surface area contributed by atoms with Gasteiger partial charge in [-0.25, -0.2) is 0 Å². The van der Waals surface area contributed by atoms with E-state index in [-0.39, 0.29) is 23.7 Å². The van der Waals surface area contributed by atoms with E-state index in [1.54, 1.807) is 7.11 Å². The molecule has 2 aromatic rings. The van der Waals surface area contributed by atoms with E-state index in [1.165, 1.54) is 6.21 Å². The third-order valence-electron chi connectivity index (χ3n) is 5.90. The molecule has 0 heterocycles. The van der Waals surface area contributed by atoms with E-state index in [4.69, 9.17) is 19.2 Å². The van der Waals surface area contributed by atoms with Gasteiger partial charge < -0.3 is 24.7 Å². The van der Waals surface area contributed by atoms with Crippen molar-refractivity contribution in [3.8, 4) is 5.75 Å². The van der Waals surface area contributed by atoms with Gasteiger partial charge in [-0.15, -0.1) is 5.16 Å². The first-order valence-electron chi connectivity index (χ1n) is 12.1. The van der Waals surface area contributed by atoms with Gasteiger partial charge in [-0.05, 0) is 58.4 Å². The third-order valence-corrected chi connectivity index (χ3v) is 5.90. The van der Waals surface area contributed by atoms with Crippen molar-refractivity contribution in [3.63, 3.8) is 0 Å². The Morgan fingerprint density at radius 2 is 1.83 bits per heavy atom. The summed E-state index contributed by atoms with van der Waals surface area (Å²) in [5.74, 6) is 1.65. The Labute approximate surface area is 214 Å². The molecule has 2 unspecified atom stereocenters. The Kier molecular flexibility index (Phi) is 8.80. The van der Waals surface area contributed by atoms with Crippen molar-refractivity contribution in [2.45, 2.75) is 58.3 Å². The molecule has 0 spiro atoms. The van der Waals surface area contributed by atoms with Crippen molar-refractivity contribution in [1.82, 2.24) is 5.32 Å². The fourth-order valence-electron chi connectivity index (χ4n) is 4.30. The largest absolute Gasteiger partial charge is 0.497 e. The van der Waals surface area contributed by atoms with Crippen LogP contribution in [0.5, 0.6) is 5.75 Å². The van der Waals surface area contributed by atoms with Crippen LogP contribution in [-0.4, -0.2) is 42.0 Å². The molecule has 1 saturated carbocycles. The zero-order chi connectivity index (χ0) is 26.3. The van der Waals surface area contributed by atoms with Gasteiger partial charge >= 0.3 is 0 Å². The van der Waals surface area contributed by atoms with Crippen LogP contribution in [0.3, 0.4) is 0 Å². The number of oxime groups is 1. The minimum atomic E-state index is -0.364. The fraction of sp³-hybridized carbons (Fsp3) is 0.379. The highest BCUT2D eigenvalue weighted by Crippen LogP contribution is 2.36. The van der Waals surface area contributed by atoms with Gasteiger partial charge in [-0.2, -0.15) is 0 Å². The van der Waals surface area contributed by atoms with Gasteiger partial charge in [-0.1, -0.05) is 36.9 Å². The van der Waals surface area contributed by atoms with E-state index >= 15 is 0 Å². The number of aliphatic imine (C=N–C) groups is 1. The highest BCUT2D eigenvalue weighted by atomic mass is 16.5. The van der Waals surface area contributed by atoms with Crippen LogP contribution in [0.15, 0.2) is 77.7 Å². The van der Waals surface area contributed by atoms with Crippen molar-refractivity contribution in [2.24, 2.45) is 16.1 Å². The predicted octanol–water partition coefficient (Wildman–Crippen LogP) is 6.31. The molecular weight excluding hydrogens is 454 g/mol. The molecule has 1 fully saturated rings. The molecule has 0 aliphatic heterocycles. The SMILES string of the molecule is C=C(N[C@H]1CC(OC(=C)c2ccc(OC)cc2N=C(C)c2ccccc2)CC1C=NO)OC(C)(C)C. The number of benzene rings is 2. The van der Waals surface area contributed by atoms with Crippen molar-refractivity contribution in [3.05, 3.63) is 78.7 Å². The zero-order valence-electron chi connectivity index (χ0n) is 21.8. The minimum Gasteiger partial charge on any atom is -0.497 e. The molecule has 0 aromatic heterocycles. The van der Waals surface area contributed by atoms with Crippen LogP contribution in [0, 0.1) is 5.92 Å². The van der Waals surface area contributed by atoms with Crippen molar-refractivity contribution >= 4 is 23.4 Å². The summed E-state index contributed by atoms with van der Waals surface area (Å²) >= 11 is 0. The summed E-state index contributed by atoms with van der Waals surface area (Å²) in [4.78, 5) is 4.87. The minimum absolute atomic E-state index is 0.0535. The summed E-state index contributed by atoms with van der Waals surface area (Å²) in [6.45, 7) is 16.1. The van der Waals surface area contributed by atoms with E-state index in [0.29, 0.717) is 35.9 Å². The van der Waals surface area contributed by atoms with E-state index in [9.17, 15) is 5.21 Å². The molecule has 0 bridgehead atoms. The lowest BCUT2D eigenvalue weighted by Crippen LogP contribution is -2.35. The van der Waals surface area contributed by atoms with Gasteiger partial charge in [0.25, 0.3) is 0 Å².